The van der Waals surface area contributed by atoms with Crippen LogP contribution in [0.5, 0.6) is 0 Å². The molecule has 0 bridgehead atoms. The van der Waals surface area contributed by atoms with E-state index in [1.54, 1.807) is 0 Å². The lowest BCUT2D eigenvalue weighted by atomic mass is 9.84. The van der Waals surface area contributed by atoms with Gasteiger partial charge in [0.05, 0.1) is 0 Å². The summed E-state index contributed by atoms with van der Waals surface area (Å²) in [6.07, 6.45) is 5.57. The van der Waals surface area contributed by atoms with Crippen molar-refractivity contribution >= 4 is 6.09 Å². The van der Waals surface area contributed by atoms with Gasteiger partial charge in [-0.15, -0.1) is 0 Å². The zero-order valence-electron chi connectivity index (χ0n) is 14.1. The van der Waals surface area contributed by atoms with Gasteiger partial charge >= 0.3 is 6.09 Å². The summed E-state index contributed by atoms with van der Waals surface area (Å²) in [6, 6.07) is 0.00968. The Balaban J connectivity index is 0.000000980. The second-order valence-corrected chi connectivity index (χ2v) is 6.34. The Kier molecular flexibility index (Phi) is 7.62. The lowest BCUT2D eigenvalue weighted by molar-refractivity contribution is -0.445. The van der Waals surface area contributed by atoms with Crippen LogP contribution in [0.2, 0.25) is 0 Å². The van der Waals surface area contributed by atoms with Gasteiger partial charge < -0.3 is 15.8 Å². The van der Waals surface area contributed by atoms with Crippen LogP contribution in [-0.2, 0) is 4.74 Å². The molecule has 0 fully saturated rings. The lowest BCUT2D eigenvalue weighted by Gasteiger charge is -2.29. The fraction of sp³-hybridized carbons (Fsp3) is 0.667. The van der Waals surface area contributed by atoms with Crippen LogP contribution in [-0.4, -0.2) is 29.7 Å². The Morgan fingerprint density at radius 3 is 2.41 bits per heavy atom. The van der Waals surface area contributed by atoms with E-state index in [0.717, 1.165) is 12.7 Å². The van der Waals surface area contributed by atoms with Crippen LogP contribution in [0.15, 0.2) is 23.9 Å². The van der Waals surface area contributed by atoms with E-state index >= 15 is 0 Å². The van der Waals surface area contributed by atoms with E-state index in [1.807, 2.05) is 45.9 Å². The molecule has 1 aliphatic rings. The molecule has 0 aliphatic heterocycles. The van der Waals surface area contributed by atoms with Crippen molar-refractivity contribution in [2.24, 2.45) is 17.6 Å². The Morgan fingerprint density at radius 1 is 1.50 bits per heavy atom. The first-order valence-electron chi connectivity index (χ1n) is 7.15. The van der Waals surface area contributed by atoms with Crippen LogP contribution >= 0.6 is 0 Å². The number of allylic oxidation sites excluding steroid dienone is 2. The van der Waals surface area contributed by atoms with Gasteiger partial charge in [-0.05, 0) is 39.7 Å². The van der Waals surface area contributed by atoms with Crippen molar-refractivity contribution in [3.05, 3.63) is 34.0 Å². The summed E-state index contributed by atoms with van der Waals surface area (Å²) < 4.78 is 5.24. The summed E-state index contributed by atoms with van der Waals surface area (Å²) in [7, 11) is 0.889. The summed E-state index contributed by atoms with van der Waals surface area (Å²) in [4.78, 5) is 20.0. The minimum absolute atomic E-state index is 0.00968. The number of carbonyl (C=O) groups excluding carboxylic acids is 1. The summed E-state index contributed by atoms with van der Waals surface area (Å²) in [6.45, 7) is 9.62. The molecule has 3 unspecified atom stereocenters. The molecule has 0 spiro atoms. The van der Waals surface area contributed by atoms with E-state index in [2.05, 4.69) is 12.2 Å². The molecule has 1 amide bonds. The number of nitrogens with two attached hydrogens (primary N) is 1. The molecule has 0 radical (unpaired) electrons. The van der Waals surface area contributed by atoms with Crippen LogP contribution in [0.4, 0.5) is 4.79 Å². The number of carbonyl (C=O) groups is 1. The third-order valence-electron chi connectivity index (χ3n) is 2.90. The molecule has 1 rings (SSSR count). The number of rotatable bonds is 2. The summed E-state index contributed by atoms with van der Waals surface area (Å²) in [5.74, 6) is 0.546. The monoisotopic (exact) mass is 313 g/mol. The van der Waals surface area contributed by atoms with E-state index in [9.17, 15) is 4.79 Å². The molecule has 0 saturated carbocycles. The topological polar surface area (TPSA) is 107 Å². The SMILES string of the molecule is CC1C=C(N)C=CC1C(C)NC(=O)OC(C)(C)C.C[N+](=O)[O-]. The summed E-state index contributed by atoms with van der Waals surface area (Å²) in [5, 5.41) is 11.7. The van der Waals surface area contributed by atoms with Crippen LogP contribution in [0, 0.1) is 22.0 Å². The Morgan fingerprint density at radius 2 is 2.00 bits per heavy atom. The van der Waals surface area contributed by atoms with Crippen molar-refractivity contribution in [2.75, 3.05) is 7.05 Å². The second-order valence-electron chi connectivity index (χ2n) is 6.34. The third kappa shape index (κ3) is 8.99. The number of nitrogens with zero attached hydrogens (tertiary/aromatic N) is 1. The van der Waals surface area contributed by atoms with Gasteiger partial charge in [0.25, 0.3) is 0 Å². The molecule has 0 aromatic carbocycles. The van der Waals surface area contributed by atoms with Crippen molar-refractivity contribution in [1.29, 1.82) is 0 Å². The molecule has 3 N–H and O–H groups in total. The number of hydrogen-bond acceptors (Lipinski definition) is 5. The maximum Gasteiger partial charge on any atom is 0.407 e. The minimum atomic E-state index is -0.500. The van der Waals surface area contributed by atoms with Gasteiger partial charge in [0.2, 0.25) is 0 Å². The smallest absolute Gasteiger partial charge is 0.407 e. The predicted octanol–water partition coefficient (Wildman–Crippen LogP) is 2.46. The maximum atomic E-state index is 11.7. The van der Waals surface area contributed by atoms with Crippen LogP contribution in [0.3, 0.4) is 0 Å². The highest BCUT2D eigenvalue weighted by Crippen LogP contribution is 2.24. The van der Waals surface area contributed by atoms with E-state index in [0.29, 0.717) is 5.92 Å². The van der Waals surface area contributed by atoms with E-state index in [4.69, 9.17) is 20.6 Å². The molecule has 0 aromatic heterocycles. The van der Waals surface area contributed by atoms with Gasteiger partial charge in [-0.2, -0.15) is 0 Å². The van der Waals surface area contributed by atoms with Gasteiger partial charge in [0.1, 0.15) is 5.60 Å². The molecule has 126 valence electrons. The molecule has 3 atom stereocenters. The highest BCUT2D eigenvalue weighted by Gasteiger charge is 2.25. The number of nitro groups is 1. The Labute approximate surface area is 131 Å². The summed E-state index contributed by atoms with van der Waals surface area (Å²) >= 11 is 0. The number of nitrogens with one attached hydrogen (secondary N) is 1. The zero-order valence-corrected chi connectivity index (χ0v) is 14.1. The fourth-order valence-electron chi connectivity index (χ4n) is 2.08. The average Bonchev–Trinajstić information content (AvgIpc) is 2.24. The molecule has 0 heterocycles. The molecular weight excluding hydrogens is 286 g/mol. The summed E-state index contributed by atoms with van der Waals surface area (Å²) in [5.41, 5.74) is 6.04. The van der Waals surface area contributed by atoms with Crippen molar-refractivity contribution in [1.82, 2.24) is 5.32 Å². The zero-order chi connectivity index (χ0) is 17.5. The van der Waals surface area contributed by atoms with Gasteiger partial charge in [0, 0.05) is 22.6 Å². The normalized spacial score (nSPS) is 21.8. The van der Waals surface area contributed by atoms with Crippen LogP contribution in [0.1, 0.15) is 34.6 Å². The van der Waals surface area contributed by atoms with E-state index in [1.165, 1.54) is 0 Å². The molecule has 0 saturated heterocycles. The maximum absolute atomic E-state index is 11.7. The Hall–Kier alpha value is -2.05. The van der Waals surface area contributed by atoms with E-state index in [-0.39, 0.29) is 18.1 Å². The second kappa shape index (κ2) is 8.41. The van der Waals surface area contributed by atoms with Crippen molar-refractivity contribution < 1.29 is 14.5 Å². The molecule has 1 aliphatic carbocycles. The number of amides is 1. The molecule has 7 heteroatoms. The number of ether oxygens (including phenoxy) is 1. The van der Waals surface area contributed by atoms with Gasteiger partial charge in [0.15, 0.2) is 7.05 Å². The molecule has 22 heavy (non-hydrogen) atoms. The quantitative estimate of drug-likeness (QED) is 0.601. The third-order valence-corrected chi connectivity index (χ3v) is 2.90. The number of alkyl carbamates (subject to hydrolysis) is 1. The first-order chi connectivity index (χ1) is 9.92. The van der Waals surface area contributed by atoms with Crippen molar-refractivity contribution in [3.63, 3.8) is 0 Å². The lowest BCUT2D eigenvalue weighted by Crippen LogP contribution is -2.42. The first-order valence-corrected chi connectivity index (χ1v) is 7.15. The fourth-order valence-corrected chi connectivity index (χ4v) is 2.08. The first kappa shape index (κ1) is 19.9. The number of hydrogen-bond donors (Lipinski definition) is 2. The van der Waals surface area contributed by atoms with Crippen LogP contribution in [0.25, 0.3) is 0 Å². The van der Waals surface area contributed by atoms with Crippen LogP contribution < -0.4 is 11.1 Å². The van der Waals surface area contributed by atoms with E-state index < -0.39 is 10.5 Å². The average molecular weight is 313 g/mol. The predicted molar refractivity (Wildman–Crippen MR) is 85.8 cm³/mol. The highest BCUT2D eigenvalue weighted by atomic mass is 16.6. The minimum Gasteiger partial charge on any atom is -0.444 e. The Bertz CT molecular complexity index is 448. The standard InChI is InChI=1S/C14H24N2O2.CH3NO2/c1-9-8-11(15)6-7-12(9)10(2)16-13(17)18-14(3,4)5;1-2(3)4/h6-10,12H,15H2,1-5H3,(H,16,17);1H3. The van der Waals surface area contributed by atoms with Gasteiger partial charge in [-0.25, -0.2) is 4.79 Å². The molecule has 7 nitrogen and oxygen atoms in total. The van der Waals surface area contributed by atoms with Crippen molar-refractivity contribution in [2.45, 2.75) is 46.3 Å². The van der Waals surface area contributed by atoms with Gasteiger partial charge in [-0.1, -0.05) is 19.1 Å². The van der Waals surface area contributed by atoms with Gasteiger partial charge in [-0.3, -0.25) is 10.1 Å². The molecule has 0 aromatic rings. The largest absolute Gasteiger partial charge is 0.444 e. The highest BCUT2D eigenvalue weighted by molar-refractivity contribution is 5.68. The van der Waals surface area contributed by atoms with Crippen molar-refractivity contribution in [3.8, 4) is 0 Å². The molecular formula is C15H27N3O4.